The first kappa shape index (κ1) is 20.3. The van der Waals surface area contributed by atoms with Crippen molar-refractivity contribution in [1.29, 1.82) is 0 Å². The van der Waals surface area contributed by atoms with Crippen molar-refractivity contribution in [3.63, 3.8) is 0 Å². The predicted molar refractivity (Wildman–Crippen MR) is 91.4 cm³/mol. The Balaban J connectivity index is 2.21. The number of alkyl halides is 3. The number of halogens is 4. The van der Waals surface area contributed by atoms with Gasteiger partial charge in [-0.05, 0) is 33.5 Å². The highest BCUT2D eigenvalue weighted by molar-refractivity contribution is 6.33. The van der Waals surface area contributed by atoms with Gasteiger partial charge >= 0.3 is 17.8 Å². The standard InChI is InChI=1S/C15H10ClF3N6O4/c1-7(26)29-25-13(20-21-22-25)9-5-8(3-4-10(9)16)24-12(27)6-11(15(17,18)19)23(2)14(24)28/h3-6H,1-2H3. The SMILES string of the molecule is CC(=O)On1nnnc1-c1cc(-n2c(=O)cc(C(F)(F)F)n(C)c2=O)ccc1Cl. The molecule has 14 heteroatoms. The van der Waals surface area contributed by atoms with Crippen LogP contribution >= 0.6 is 11.6 Å². The van der Waals surface area contributed by atoms with Crippen LogP contribution in [0.5, 0.6) is 0 Å². The number of hydrogen-bond acceptors (Lipinski definition) is 7. The lowest BCUT2D eigenvalue weighted by Crippen LogP contribution is -2.40. The quantitative estimate of drug-likeness (QED) is 0.565. The highest BCUT2D eigenvalue weighted by atomic mass is 35.5. The Hall–Kier alpha value is -3.48. The molecule has 3 rings (SSSR count). The lowest BCUT2D eigenvalue weighted by Gasteiger charge is -2.14. The molecule has 0 amide bonds. The van der Waals surface area contributed by atoms with Crippen LogP contribution in [0, 0.1) is 0 Å². The normalized spacial score (nSPS) is 11.5. The molecule has 0 N–H and O–H groups in total. The molecule has 0 fully saturated rings. The number of tetrazole rings is 1. The fourth-order valence-electron chi connectivity index (χ4n) is 2.48. The third kappa shape index (κ3) is 3.76. The summed E-state index contributed by atoms with van der Waals surface area (Å²) in [5.41, 5.74) is -3.85. The van der Waals surface area contributed by atoms with Gasteiger partial charge in [0, 0.05) is 25.6 Å². The lowest BCUT2D eigenvalue weighted by atomic mass is 10.2. The van der Waals surface area contributed by atoms with Crippen molar-refractivity contribution in [3.05, 3.63) is 55.8 Å². The second-order valence-corrected chi connectivity index (χ2v) is 6.07. The molecule has 0 aliphatic heterocycles. The van der Waals surface area contributed by atoms with Crippen LogP contribution in [0.1, 0.15) is 12.6 Å². The van der Waals surface area contributed by atoms with E-state index in [0.29, 0.717) is 20.0 Å². The fourth-order valence-corrected chi connectivity index (χ4v) is 2.68. The zero-order chi connectivity index (χ0) is 21.5. The number of carbonyl (C=O) groups is 1. The Morgan fingerprint density at radius 3 is 2.52 bits per heavy atom. The van der Waals surface area contributed by atoms with Crippen LogP contribution in [0.4, 0.5) is 13.2 Å². The number of carbonyl (C=O) groups excluding carboxylic acids is 1. The highest BCUT2D eigenvalue weighted by Crippen LogP contribution is 2.29. The van der Waals surface area contributed by atoms with Gasteiger partial charge in [0.2, 0.25) is 5.82 Å². The van der Waals surface area contributed by atoms with E-state index in [-0.39, 0.29) is 22.1 Å². The van der Waals surface area contributed by atoms with Crippen LogP contribution in [0.15, 0.2) is 33.9 Å². The second-order valence-electron chi connectivity index (χ2n) is 5.67. The molecule has 0 spiro atoms. The van der Waals surface area contributed by atoms with Gasteiger partial charge < -0.3 is 4.84 Å². The summed E-state index contributed by atoms with van der Waals surface area (Å²) in [5.74, 6) is -0.873. The van der Waals surface area contributed by atoms with Crippen molar-refractivity contribution >= 4 is 17.6 Å². The maximum atomic E-state index is 13.0. The smallest absolute Gasteiger partial charge is 0.316 e. The van der Waals surface area contributed by atoms with Crippen molar-refractivity contribution in [2.75, 3.05) is 0 Å². The molecule has 0 saturated carbocycles. The van der Waals surface area contributed by atoms with Gasteiger partial charge in [0.1, 0.15) is 5.69 Å². The van der Waals surface area contributed by atoms with E-state index >= 15 is 0 Å². The summed E-state index contributed by atoms with van der Waals surface area (Å²) in [5, 5.41) is 10.5. The highest BCUT2D eigenvalue weighted by Gasteiger charge is 2.35. The first-order valence-corrected chi connectivity index (χ1v) is 8.06. The van der Waals surface area contributed by atoms with E-state index in [4.69, 9.17) is 16.4 Å². The van der Waals surface area contributed by atoms with Crippen molar-refractivity contribution < 1.29 is 22.8 Å². The van der Waals surface area contributed by atoms with Gasteiger partial charge in [-0.15, -0.1) is 5.10 Å². The summed E-state index contributed by atoms with van der Waals surface area (Å²) >= 11 is 6.11. The summed E-state index contributed by atoms with van der Waals surface area (Å²) in [6, 6.07) is 4.03. The molecule has 0 aliphatic carbocycles. The van der Waals surface area contributed by atoms with E-state index in [1.165, 1.54) is 18.2 Å². The molecule has 152 valence electrons. The molecule has 2 aromatic heterocycles. The van der Waals surface area contributed by atoms with Crippen molar-refractivity contribution in [2.24, 2.45) is 7.05 Å². The maximum absolute atomic E-state index is 13.0. The second kappa shape index (κ2) is 7.16. The van der Waals surface area contributed by atoms with E-state index in [9.17, 15) is 27.6 Å². The van der Waals surface area contributed by atoms with Gasteiger partial charge in [0.25, 0.3) is 5.56 Å². The maximum Gasteiger partial charge on any atom is 0.431 e. The Bertz CT molecular complexity index is 1230. The molecule has 0 bridgehead atoms. The van der Waals surface area contributed by atoms with Crippen LogP contribution in [-0.2, 0) is 18.0 Å². The summed E-state index contributed by atoms with van der Waals surface area (Å²) in [6.45, 7) is 1.11. The molecule has 0 aliphatic rings. The largest absolute Gasteiger partial charge is 0.431 e. The Morgan fingerprint density at radius 2 is 1.90 bits per heavy atom. The number of hydrogen-bond donors (Lipinski definition) is 0. The molecule has 10 nitrogen and oxygen atoms in total. The van der Waals surface area contributed by atoms with Crippen LogP contribution in [0.2, 0.25) is 5.02 Å². The lowest BCUT2D eigenvalue weighted by molar-refractivity contribution is -0.144. The van der Waals surface area contributed by atoms with E-state index < -0.39 is 29.1 Å². The molecule has 3 aromatic rings. The third-order valence-corrected chi connectivity index (χ3v) is 4.05. The van der Waals surface area contributed by atoms with Gasteiger partial charge in [0.15, 0.2) is 0 Å². The number of benzene rings is 1. The summed E-state index contributed by atoms with van der Waals surface area (Å²) in [6.07, 6.45) is -4.89. The third-order valence-electron chi connectivity index (χ3n) is 3.72. The minimum atomic E-state index is -4.89. The van der Waals surface area contributed by atoms with E-state index in [2.05, 4.69) is 15.5 Å². The topological polar surface area (TPSA) is 114 Å². The summed E-state index contributed by atoms with van der Waals surface area (Å²) in [4.78, 5) is 41.3. The Labute approximate surface area is 163 Å². The van der Waals surface area contributed by atoms with Gasteiger partial charge in [-0.3, -0.25) is 9.36 Å². The number of nitrogens with zero attached hydrogens (tertiary/aromatic N) is 6. The summed E-state index contributed by atoms with van der Waals surface area (Å²) < 4.78 is 39.8. The Kier molecular flexibility index (Phi) is 5.00. The molecule has 1 aromatic carbocycles. The number of aromatic nitrogens is 6. The zero-order valence-corrected chi connectivity index (χ0v) is 15.4. The van der Waals surface area contributed by atoms with Gasteiger partial charge in [-0.25, -0.2) is 14.2 Å². The molecule has 0 unspecified atom stereocenters. The van der Waals surface area contributed by atoms with Crippen LogP contribution in [-0.4, -0.2) is 35.5 Å². The monoisotopic (exact) mass is 430 g/mol. The minimum absolute atomic E-state index is 0.0595. The van der Waals surface area contributed by atoms with E-state index in [0.717, 1.165) is 14.0 Å². The molecular formula is C15H10ClF3N6O4. The van der Waals surface area contributed by atoms with Crippen LogP contribution < -0.4 is 16.1 Å². The molecule has 0 radical (unpaired) electrons. The molecule has 2 heterocycles. The first-order chi connectivity index (χ1) is 13.5. The van der Waals surface area contributed by atoms with E-state index in [1.54, 1.807) is 0 Å². The van der Waals surface area contributed by atoms with Crippen molar-refractivity contribution in [1.82, 2.24) is 29.5 Å². The fraction of sp³-hybridized carbons (Fsp3) is 0.200. The number of rotatable bonds is 3. The summed E-state index contributed by atoms with van der Waals surface area (Å²) in [7, 11) is 0.888. The van der Waals surface area contributed by atoms with Crippen LogP contribution in [0.3, 0.4) is 0 Å². The minimum Gasteiger partial charge on any atom is -0.316 e. The molecule has 0 saturated heterocycles. The average molecular weight is 431 g/mol. The molecular weight excluding hydrogens is 421 g/mol. The molecule has 29 heavy (non-hydrogen) atoms. The predicted octanol–water partition coefficient (Wildman–Crippen LogP) is 0.837. The van der Waals surface area contributed by atoms with E-state index in [1.807, 2.05) is 0 Å². The molecule has 0 atom stereocenters. The van der Waals surface area contributed by atoms with Gasteiger partial charge in [0.05, 0.1) is 10.7 Å². The van der Waals surface area contributed by atoms with Gasteiger partial charge in [-0.2, -0.15) is 13.2 Å². The van der Waals surface area contributed by atoms with Crippen molar-refractivity contribution in [3.8, 4) is 17.1 Å². The van der Waals surface area contributed by atoms with Crippen LogP contribution in [0.25, 0.3) is 17.1 Å². The average Bonchev–Trinajstić information content (AvgIpc) is 3.05. The Morgan fingerprint density at radius 1 is 1.21 bits per heavy atom. The zero-order valence-electron chi connectivity index (χ0n) is 14.6. The van der Waals surface area contributed by atoms with Gasteiger partial charge in [-0.1, -0.05) is 11.6 Å². The van der Waals surface area contributed by atoms with Crippen molar-refractivity contribution in [2.45, 2.75) is 13.1 Å². The first-order valence-electron chi connectivity index (χ1n) is 7.68.